The molecule has 0 bridgehead atoms. The number of hydrogen-bond acceptors (Lipinski definition) is 7. The Labute approximate surface area is 120 Å². The van der Waals surface area contributed by atoms with Crippen LogP contribution in [0.15, 0.2) is 0 Å². The van der Waals surface area contributed by atoms with Gasteiger partial charge in [-0.3, -0.25) is 0 Å². The van der Waals surface area contributed by atoms with Crippen LogP contribution in [-0.4, -0.2) is 66.7 Å². The molecule has 0 radical (unpaired) electrons. The molecule has 2 atom stereocenters. The van der Waals surface area contributed by atoms with Crippen LogP contribution in [0.25, 0.3) is 0 Å². The lowest BCUT2D eigenvalue weighted by Crippen LogP contribution is -2.34. The quantitative estimate of drug-likeness (QED) is 0.851. The molecule has 7 nitrogen and oxygen atoms in total. The second-order valence-electron chi connectivity index (χ2n) is 5.34. The second kappa shape index (κ2) is 6.21. The van der Waals surface area contributed by atoms with Crippen LogP contribution in [0.4, 0.5) is 11.9 Å². The molecular weight excluding hydrogens is 256 g/mol. The zero-order valence-electron chi connectivity index (χ0n) is 12.9. The Kier molecular flexibility index (Phi) is 4.59. The van der Waals surface area contributed by atoms with Gasteiger partial charge in [0.15, 0.2) is 0 Å². The molecule has 7 heteroatoms. The van der Waals surface area contributed by atoms with E-state index in [1.54, 1.807) is 7.05 Å². The zero-order valence-corrected chi connectivity index (χ0v) is 12.9. The average Bonchev–Trinajstić information content (AvgIpc) is 2.81. The van der Waals surface area contributed by atoms with Gasteiger partial charge in [0, 0.05) is 26.2 Å². The number of nitrogens with zero attached hydrogens (tertiary/aromatic N) is 5. The molecule has 1 aromatic rings. The van der Waals surface area contributed by atoms with E-state index in [0.29, 0.717) is 36.5 Å². The van der Waals surface area contributed by atoms with Crippen LogP contribution in [0.2, 0.25) is 0 Å². The number of ether oxygens (including phenoxy) is 1. The number of nitrogens with one attached hydrogen (secondary N) is 1. The van der Waals surface area contributed by atoms with E-state index in [1.165, 1.54) is 0 Å². The minimum absolute atomic E-state index is 0.378. The first kappa shape index (κ1) is 14.8. The summed E-state index contributed by atoms with van der Waals surface area (Å²) in [6, 6.07) is 0.892. The van der Waals surface area contributed by atoms with E-state index in [0.717, 1.165) is 13.1 Å². The highest BCUT2D eigenvalue weighted by molar-refractivity contribution is 5.39. The highest BCUT2D eigenvalue weighted by Crippen LogP contribution is 2.25. The van der Waals surface area contributed by atoms with Crippen molar-refractivity contribution in [3.8, 4) is 6.01 Å². The molecule has 2 heterocycles. The van der Waals surface area contributed by atoms with Crippen LogP contribution in [0.3, 0.4) is 0 Å². The van der Waals surface area contributed by atoms with E-state index >= 15 is 0 Å². The van der Waals surface area contributed by atoms with Crippen molar-refractivity contribution in [3.05, 3.63) is 0 Å². The first-order valence-electron chi connectivity index (χ1n) is 7.03. The fourth-order valence-corrected chi connectivity index (χ4v) is 2.58. The predicted molar refractivity (Wildman–Crippen MR) is 79.4 cm³/mol. The smallest absolute Gasteiger partial charge is 0.323 e. The third-order valence-electron chi connectivity index (χ3n) is 3.62. The van der Waals surface area contributed by atoms with Crippen molar-refractivity contribution in [1.82, 2.24) is 19.9 Å². The number of rotatable bonds is 5. The van der Waals surface area contributed by atoms with Crippen molar-refractivity contribution in [2.24, 2.45) is 5.92 Å². The summed E-state index contributed by atoms with van der Waals surface area (Å²) < 4.78 is 5.41. The molecule has 0 amide bonds. The first-order valence-corrected chi connectivity index (χ1v) is 7.03. The molecule has 1 aliphatic rings. The SMILES string of the molecule is CCOc1nc(NC)nc(N2CC(C)C(N(C)C)C2)n1. The summed E-state index contributed by atoms with van der Waals surface area (Å²) >= 11 is 0. The van der Waals surface area contributed by atoms with Crippen LogP contribution in [0.5, 0.6) is 6.01 Å². The van der Waals surface area contributed by atoms with Gasteiger partial charge in [0.1, 0.15) is 0 Å². The Hall–Kier alpha value is -1.63. The first-order chi connectivity index (χ1) is 9.55. The summed E-state index contributed by atoms with van der Waals surface area (Å²) in [5.74, 6) is 1.80. The number of anilines is 2. The van der Waals surface area contributed by atoms with E-state index in [-0.39, 0.29) is 0 Å². The second-order valence-corrected chi connectivity index (χ2v) is 5.34. The van der Waals surface area contributed by atoms with Crippen molar-refractivity contribution in [1.29, 1.82) is 0 Å². The Bertz CT molecular complexity index is 452. The molecule has 0 saturated carbocycles. The highest BCUT2D eigenvalue weighted by atomic mass is 16.5. The molecule has 112 valence electrons. The van der Waals surface area contributed by atoms with E-state index in [9.17, 15) is 0 Å². The lowest BCUT2D eigenvalue weighted by atomic mass is 10.1. The van der Waals surface area contributed by atoms with Crippen LogP contribution in [0, 0.1) is 5.92 Å². The predicted octanol–water partition coefficient (Wildman–Crippen LogP) is 0.698. The molecule has 0 spiro atoms. The van der Waals surface area contributed by atoms with Gasteiger partial charge in [0.2, 0.25) is 11.9 Å². The molecule has 1 N–H and O–H groups in total. The summed E-state index contributed by atoms with van der Waals surface area (Å²) in [5, 5.41) is 2.96. The molecule has 1 aliphatic heterocycles. The zero-order chi connectivity index (χ0) is 14.7. The normalized spacial score (nSPS) is 22.4. The van der Waals surface area contributed by atoms with Crippen molar-refractivity contribution in [3.63, 3.8) is 0 Å². The van der Waals surface area contributed by atoms with E-state index in [1.807, 2.05) is 6.92 Å². The minimum Gasteiger partial charge on any atom is -0.464 e. The maximum Gasteiger partial charge on any atom is 0.323 e. The number of likely N-dealkylation sites (N-methyl/N-ethyl adjacent to an activating group) is 1. The fourth-order valence-electron chi connectivity index (χ4n) is 2.58. The maximum absolute atomic E-state index is 5.41. The van der Waals surface area contributed by atoms with Gasteiger partial charge in [-0.05, 0) is 26.9 Å². The maximum atomic E-state index is 5.41. The summed E-state index contributed by atoms with van der Waals surface area (Å²) in [7, 11) is 6.02. The van der Waals surface area contributed by atoms with Gasteiger partial charge >= 0.3 is 6.01 Å². The van der Waals surface area contributed by atoms with Crippen molar-refractivity contribution < 1.29 is 4.74 Å². The van der Waals surface area contributed by atoms with E-state index in [2.05, 4.69) is 51.1 Å². The van der Waals surface area contributed by atoms with Crippen LogP contribution >= 0.6 is 0 Å². The summed E-state index contributed by atoms with van der Waals surface area (Å²) in [5.41, 5.74) is 0. The Balaban J connectivity index is 2.22. The van der Waals surface area contributed by atoms with E-state index in [4.69, 9.17) is 4.74 Å². The third-order valence-corrected chi connectivity index (χ3v) is 3.62. The summed E-state index contributed by atoms with van der Waals surface area (Å²) in [6.07, 6.45) is 0. The monoisotopic (exact) mass is 280 g/mol. The Morgan fingerprint density at radius 1 is 1.30 bits per heavy atom. The number of aromatic nitrogens is 3. The standard InChI is InChI=1S/C13H24N6O/c1-6-20-13-16-11(14-3)15-12(17-13)19-7-9(2)10(8-19)18(4)5/h9-10H,6-8H2,1-5H3,(H,14,15,16,17). The highest BCUT2D eigenvalue weighted by Gasteiger charge is 2.32. The van der Waals surface area contributed by atoms with Crippen LogP contribution in [-0.2, 0) is 0 Å². The number of hydrogen-bond donors (Lipinski definition) is 1. The molecule has 1 saturated heterocycles. The molecule has 0 aromatic carbocycles. The lowest BCUT2D eigenvalue weighted by molar-refractivity contribution is 0.266. The topological polar surface area (TPSA) is 66.4 Å². The molecule has 0 aliphatic carbocycles. The van der Waals surface area contributed by atoms with Gasteiger partial charge in [-0.15, -0.1) is 0 Å². The molecule has 2 rings (SSSR count). The van der Waals surface area contributed by atoms with Crippen molar-refractivity contribution in [2.75, 3.05) is 51.1 Å². The van der Waals surface area contributed by atoms with Crippen molar-refractivity contribution in [2.45, 2.75) is 19.9 Å². The van der Waals surface area contributed by atoms with Gasteiger partial charge < -0.3 is 19.9 Å². The van der Waals surface area contributed by atoms with Crippen molar-refractivity contribution >= 4 is 11.9 Å². The molecular formula is C13H24N6O. The molecule has 2 unspecified atom stereocenters. The Morgan fingerprint density at radius 3 is 2.60 bits per heavy atom. The third kappa shape index (κ3) is 3.09. The molecule has 20 heavy (non-hydrogen) atoms. The fraction of sp³-hybridized carbons (Fsp3) is 0.769. The Morgan fingerprint density at radius 2 is 2.05 bits per heavy atom. The van der Waals surface area contributed by atoms with Gasteiger partial charge in [-0.25, -0.2) is 0 Å². The minimum atomic E-state index is 0.378. The summed E-state index contributed by atoms with van der Waals surface area (Å²) in [6.45, 7) is 6.59. The molecule has 1 fully saturated rings. The lowest BCUT2D eigenvalue weighted by Gasteiger charge is -2.22. The molecule has 1 aromatic heterocycles. The average molecular weight is 280 g/mol. The van der Waals surface area contributed by atoms with Gasteiger partial charge in [-0.2, -0.15) is 15.0 Å². The van der Waals surface area contributed by atoms with Gasteiger partial charge in [0.25, 0.3) is 0 Å². The van der Waals surface area contributed by atoms with Crippen LogP contribution in [0.1, 0.15) is 13.8 Å². The van der Waals surface area contributed by atoms with E-state index < -0.39 is 0 Å². The summed E-state index contributed by atoms with van der Waals surface area (Å²) in [4.78, 5) is 17.5. The largest absolute Gasteiger partial charge is 0.464 e. The van der Waals surface area contributed by atoms with Gasteiger partial charge in [-0.1, -0.05) is 6.92 Å². The van der Waals surface area contributed by atoms with Gasteiger partial charge in [0.05, 0.1) is 6.61 Å². The van der Waals surface area contributed by atoms with Crippen LogP contribution < -0.4 is 15.0 Å².